The second-order valence-corrected chi connectivity index (χ2v) is 8.37. The fourth-order valence-corrected chi connectivity index (χ4v) is 4.17. The third-order valence-electron chi connectivity index (χ3n) is 4.93. The maximum Gasteiger partial charge on any atom is 0.335 e. The molecule has 0 amide bonds. The van der Waals surface area contributed by atoms with Crippen molar-refractivity contribution in [2.45, 2.75) is 46.8 Å². The molecule has 0 spiro atoms. The molecule has 0 saturated carbocycles. The third kappa shape index (κ3) is 6.15. The van der Waals surface area contributed by atoms with Crippen molar-refractivity contribution in [1.82, 2.24) is 4.98 Å². The van der Waals surface area contributed by atoms with Crippen molar-refractivity contribution in [2.75, 3.05) is 13.2 Å². The minimum Gasteiger partial charge on any atom is -0.487 e. The van der Waals surface area contributed by atoms with Gasteiger partial charge in [-0.1, -0.05) is 36.4 Å². The summed E-state index contributed by atoms with van der Waals surface area (Å²) in [5, 5.41) is 1.00. The molecule has 0 aliphatic carbocycles. The van der Waals surface area contributed by atoms with Crippen LogP contribution in [0.5, 0.6) is 5.75 Å². The molecule has 0 saturated heterocycles. The predicted molar refractivity (Wildman–Crippen MR) is 124 cm³/mol. The lowest BCUT2D eigenvalue weighted by molar-refractivity contribution is -0.156. The molecule has 0 radical (unpaired) electrons. The van der Waals surface area contributed by atoms with Crippen LogP contribution in [0, 0.1) is 13.8 Å². The van der Waals surface area contributed by atoms with Crippen LogP contribution in [0.1, 0.15) is 35.5 Å². The van der Waals surface area contributed by atoms with E-state index in [0.717, 1.165) is 38.0 Å². The number of rotatable bonds is 10. The van der Waals surface area contributed by atoms with Crippen molar-refractivity contribution < 1.29 is 19.0 Å². The predicted octanol–water partition coefficient (Wildman–Crippen LogP) is 5.52. The van der Waals surface area contributed by atoms with Crippen LogP contribution in [-0.2, 0) is 27.3 Å². The standard InChI is InChI=1S/C25H29NO4S/c1-5-28-23(25(27)29-6-2)15-20-12-13-21(14-17(20)3)30-16-22-18(4)31-24(26-22)19-10-8-7-9-11-19/h7-14,23H,5-6,15-16H2,1-4H3. The molecule has 6 heteroatoms. The van der Waals surface area contributed by atoms with E-state index in [9.17, 15) is 4.79 Å². The number of thiazole rings is 1. The summed E-state index contributed by atoms with van der Waals surface area (Å²) in [7, 11) is 0. The van der Waals surface area contributed by atoms with E-state index >= 15 is 0 Å². The number of aryl methyl sites for hydroxylation is 2. The van der Waals surface area contributed by atoms with E-state index in [1.807, 2.05) is 50.2 Å². The van der Waals surface area contributed by atoms with Gasteiger partial charge in [-0.15, -0.1) is 11.3 Å². The number of carbonyl (C=O) groups is 1. The van der Waals surface area contributed by atoms with Gasteiger partial charge in [0.15, 0.2) is 6.10 Å². The molecular formula is C25H29NO4S. The maximum atomic E-state index is 12.1. The van der Waals surface area contributed by atoms with Gasteiger partial charge in [0.25, 0.3) is 0 Å². The molecule has 0 N–H and O–H groups in total. The molecular weight excluding hydrogens is 410 g/mol. The van der Waals surface area contributed by atoms with Gasteiger partial charge in [-0.25, -0.2) is 9.78 Å². The van der Waals surface area contributed by atoms with E-state index in [2.05, 4.69) is 19.1 Å². The van der Waals surface area contributed by atoms with Crippen LogP contribution < -0.4 is 4.74 Å². The van der Waals surface area contributed by atoms with Gasteiger partial charge in [0.2, 0.25) is 0 Å². The summed E-state index contributed by atoms with van der Waals surface area (Å²) < 4.78 is 16.7. The highest BCUT2D eigenvalue weighted by Crippen LogP contribution is 2.28. The van der Waals surface area contributed by atoms with Gasteiger partial charge >= 0.3 is 5.97 Å². The zero-order valence-corrected chi connectivity index (χ0v) is 19.3. The first-order chi connectivity index (χ1) is 15.0. The van der Waals surface area contributed by atoms with E-state index in [0.29, 0.717) is 26.2 Å². The maximum absolute atomic E-state index is 12.1. The number of nitrogens with zero attached hydrogens (tertiary/aromatic N) is 1. The van der Waals surface area contributed by atoms with E-state index in [-0.39, 0.29) is 5.97 Å². The number of esters is 1. The Morgan fingerprint density at radius 1 is 1.06 bits per heavy atom. The summed E-state index contributed by atoms with van der Waals surface area (Å²) in [6, 6.07) is 16.1. The highest BCUT2D eigenvalue weighted by Gasteiger charge is 2.21. The van der Waals surface area contributed by atoms with E-state index < -0.39 is 6.10 Å². The molecule has 31 heavy (non-hydrogen) atoms. The third-order valence-corrected chi connectivity index (χ3v) is 5.99. The Kier molecular flexibility index (Phi) is 8.20. The van der Waals surface area contributed by atoms with Gasteiger partial charge in [0.1, 0.15) is 17.4 Å². The van der Waals surface area contributed by atoms with E-state index in [4.69, 9.17) is 19.2 Å². The average molecular weight is 440 g/mol. The first-order valence-electron chi connectivity index (χ1n) is 10.5. The molecule has 1 aromatic heterocycles. The Bertz CT molecular complexity index is 1000. The molecule has 0 fully saturated rings. The molecule has 3 aromatic rings. The molecule has 1 unspecified atom stereocenters. The Morgan fingerprint density at radius 2 is 1.84 bits per heavy atom. The molecule has 0 bridgehead atoms. The minimum absolute atomic E-state index is 0.322. The number of hydrogen-bond acceptors (Lipinski definition) is 6. The average Bonchev–Trinajstić information content (AvgIpc) is 3.15. The zero-order chi connectivity index (χ0) is 22.2. The number of hydrogen-bond donors (Lipinski definition) is 0. The molecule has 0 aliphatic rings. The van der Waals surface area contributed by atoms with Gasteiger partial charge in [-0.05, 0) is 51.0 Å². The van der Waals surface area contributed by atoms with Crippen LogP contribution >= 0.6 is 11.3 Å². The SMILES string of the molecule is CCOC(=O)C(Cc1ccc(OCc2nc(-c3ccccc3)sc2C)cc1C)OCC. The Balaban J connectivity index is 1.65. The van der Waals surface area contributed by atoms with E-state index in [1.54, 1.807) is 18.3 Å². The van der Waals surface area contributed by atoms with Crippen molar-refractivity contribution in [3.63, 3.8) is 0 Å². The fraction of sp³-hybridized carbons (Fsp3) is 0.360. The lowest BCUT2D eigenvalue weighted by Gasteiger charge is -2.17. The summed E-state index contributed by atoms with van der Waals surface area (Å²) >= 11 is 1.68. The number of benzene rings is 2. The van der Waals surface area contributed by atoms with Crippen LogP contribution in [-0.4, -0.2) is 30.3 Å². The Hall–Kier alpha value is -2.70. The molecule has 2 aromatic carbocycles. The fourth-order valence-electron chi connectivity index (χ4n) is 3.25. The molecule has 1 atom stereocenters. The molecule has 1 heterocycles. The molecule has 164 valence electrons. The van der Waals surface area contributed by atoms with Gasteiger partial charge in [-0.2, -0.15) is 0 Å². The van der Waals surface area contributed by atoms with Crippen molar-refractivity contribution in [1.29, 1.82) is 0 Å². The second-order valence-electron chi connectivity index (χ2n) is 7.17. The molecule has 0 aliphatic heterocycles. The van der Waals surface area contributed by atoms with Crippen molar-refractivity contribution >= 4 is 17.3 Å². The zero-order valence-electron chi connectivity index (χ0n) is 18.5. The minimum atomic E-state index is -0.593. The summed E-state index contributed by atoms with van der Waals surface area (Å²) in [5.41, 5.74) is 4.15. The first kappa shape index (κ1) is 23.0. The summed E-state index contributed by atoms with van der Waals surface area (Å²) in [6.07, 6.45) is -0.116. The smallest absolute Gasteiger partial charge is 0.335 e. The first-order valence-corrected chi connectivity index (χ1v) is 11.4. The summed E-state index contributed by atoms with van der Waals surface area (Å²) in [4.78, 5) is 18.0. The lowest BCUT2D eigenvalue weighted by atomic mass is 10.0. The van der Waals surface area contributed by atoms with Crippen LogP contribution in [0.4, 0.5) is 0 Å². The highest BCUT2D eigenvalue weighted by molar-refractivity contribution is 7.15. The summed E-state index contributed by atoms with van der Waals surface area (Å²) in [6.45, 7) is 8.97. The van der Waals surface area contributed by atoms with Crippen LogP contribution in [0.2, 0.25) is 0 Å². The van der Waals surface area contributed by atoms with E-state index in [1.165, 1.54) is 0 Å². The Labute approximate surface area is 188 Å². The largest absolute Gasteiger partial charge is 0.487 e. The number of aromatic nitrogens is 1. The molecule has 3 rings (SSSR count). The van der Waals surface area contributed by atoms with Crippen LogP contribution in [0.25, 0.3) is 10.6 Å². The number of ether oxygens (including phenoxy) is 3. The van der Waals surface area contributed by atoms with Crippen molar-refractivity contribution in [3.05, 3.63) is 70.2 Å². The normalized spacial score (nSPS) is 11.9. The Morgan fingerprint density at radius 3 is 2.52 bits per heavy atom. The monoisotopic (exact) mass is 439 g/mol. The van der Waals surface area contributed by atoms with Crippen molar-refractivity contribution in [2.24, 2.45) is 0 Å². The second kappa shape index (κ2) is 11.1. The highest BCUT2D eigenvalue weighted by atomic mass is 32.1. The van der Waals surface area contributed by atoms with Gasteiger partial charge in [0.05, 0.1) is 12.3 Å². The van der Waals surface area contributed by atoms with Crippen molar-refractivity contribution in [3.8, 4) is 16.3 Å². The van der Waals surface area contributed by atoms with Gasteiger partial charge in [-0.3, -0.25) is 0 Å². The van der Waals surface area contributed by atoms with Gasteiger partial charge < -0.3 is 14.2 Å². The topological polar surface area (TPSA) is 57.7 Å². The quantitative estimate of drug-likeness (QED) is 0.390. The van der Waals surface area contributed by atoms with Crippen LogP contribution in [0.3, 0.4) is 0 Å². The van der Waals surface area contributed by atoms with Gasteiger partial charge in [0, 0.05) is 23.5 Å². The lowest BCUT2D eigenvalue weighted by Crippen LogP contribution is -2.29. The summed E-state index contributed by atoms with van der Waals surface area (Å²) in [5.74, 6) is 0.455. The molecule has 5 nitrogen and oxygen atoms in total. The number of carbonyl (C=O) groups excluding carboxylic acids is 1. The van der Waals surface area contributed by atoms with Crippen LogP contribution in [0.15, 0.2) is 48.5 Å².